The monoisotopic (exact) mass is 387 g/mol. The van der Waals surface area contributed by atoms with Crippen molar-refractivity contribution in [3.8, 4) is 0 Å². The summed E-state index contributed by atoms with van der Waals surface area (Å²) in [5.41, 5.74) is 5.50. The van der Waals surface area contributed by atoms with Gasteiger partial charge in [0.25, 0.3) is 0 Å². The predicted molar refractivity (Wildman–Crippen MR) is 113 cm³/mol. The molecule has 0 rings (SSSR count). The molecule has 2 N–H and O–H groups in total. The average molecular weight is 388 g/mol. The van der Waals surface area contributed by atoms with Crippen molar-refractivity contribution in [1.29, 1.82) is 0 Å². The minimum absolute atomic E-state index is 0.111. The van der Waals surface area contributed by atoms with Gasteiger partial charge in [-0.25, -0.2) is 0 Å². The zero-order valence-electron chi connectivity index (χ0n) is 16.9. The Labute approximate surface area is 165 Å². The van der Waals surface area contributed by atoms with Crippen LogP contribution in [0.4, 0.5) is 0 Å². The maximum Gasteiger partial charge on any atom is 0.306 e. The highest BCUT2D eigenvalue weighted by Gasteiger charge is 2.04. The van der Waals surface area contributed by atoms with E-state index in [2.05, 4.69) is 6.92 Å². The van der Waals surface area contributed by atoms with Crippen LogP contribution in [-0.2, 0) is 14.3 Å². The highest BCUT2D eigenvalue weighted by atomic mass is 32.2. The summed E-state index contributed by atoms with van der Waals surface area (Å²) in [5.74, 6) is 1.44. The molecule has 0 aliphatic carbocycles. The first-order valence-corrected chi connectivity index (χ1v) is 11.8. The molecule has 0 aliphatic rings. The second-order valence-corrected chi connectivity index (χ2v) is 8.29. The Kier molecular flexibility index (Phi) is 20.3. The summed E-state index contributed by atoms with van der Waals surface area (Å²) in [5, 5.41) is 0. The third-order valence-corrected chi connectivity index (χ3v) is 5.50. The standard InChI is InChI=1S/C21H41NO3S/c1-2-3-4-5-6-7-8-9-10-11-12-13-16-25-21(24)15-18-26-17-14-20(22)19-23/h19-20H,2-18,22H2,1H3. The number of aldehydes is 1. The maximum absolute atomic E-state index is 11.6. The van der Waals surface area contributed by atoms with Crippen LogP contribution < -0.4 is 5.73 Å². The smallest absolute Gasteiger partial charge is 0.306 e. The molecule has 0 saturated carbocycles. The molecule has 1 atom stereocenters. The number of hydrogen-bond donors (Lipinski definition) is 1. The van der Waals surface area contributed by atoms with E-state index in [9.17, 15) is 9.59 Å². The van der Waals surface area contributed by atoms with Gasteiger partial charge in [0, 0.05) is 5.75 Å². The Morgan fingerprint density at radius 2 is 1.46 bits per heavy atom. The van der Waals surface area contributed by atoms with Crippen molar-refractivity contribution in [2.75, 3.05) is 18.1 Å². The molecule has 0 heterocycles. The number of ether oxygens (including phenoxy) is 1. The minimum atomic E-state index is -0.375. The first kappa shape index (κ1) is 25.4. The normalized spacial score (nSPS) is 12.1. The summed E-state index contributed by atoms with van der Waals surface area (Å²) in [4.78, 5) is 22.0. The molecular formula is C21H41NO3S. The lowest BCUT2D eigenvalue weighted by Gasteiger charge is -2.06. The third kappa shape index (κ3) is 19.8. The molecule has 0 amide bonds. The summed E-state index contributed by atoms with van der Waals surface area (Å²) < 4.78 is 5.25. The molecular weight excluding hydrogens is 346 g/mol. The van der Waals surface area contributed by atoms with Crippen LogP contribution in [0.5, 0.6) is 0 Å². The number of rotatable bonds is 20. The molecule has 0 aromatic heterocycles. The van der Waals surface area contributed by atoms with Crippen molar-refractivity contribution in [2.24, 2.45) is 5.73 Å². The first-order valence-electron chi connectivity index (χ1n) is 10.6. The Morgan fingerprint density at radius 3 is 2.00 bits per heavy atom. The Morgan fingerprint density at radius 1 is 0.923 bits per heavy atom. The van der Waals surface area contributed by atoms with E-state index < -0.39 is 0 Å². The van der Waals surface area contributed by atoms with Gasteiger partial charge in [0.2, 0.25) is 0 Å². The zero-order chi connectivity index (χ0) is 19.3. The number of hydrogen-bond acceptors (Lipinski definition) is 5. The van der Waals surface area contributed by atoms with Crippen LogP contribution in [0.15, 0.2) is 0 Å². The summed E-state index contributed by atoms with van der Waals surface area (Å²) in [6.45, 7) is 2.81. The molecule has 4 nitrogen and oxygen atoms in total. The fourth-order valence-corrected chi connectivity index (χ4v) is 3.70. The molecule has 1 unspecified atom stereocenters. The van der Waals surface area contributed by atoms with E-state index in [4.69, 9.17) is 10.5 Å². The van der Waals surface area contributed by atoms with Crippen molar-refractivity contribution in [3.05, 3.63) is 0 Å². The highest BCUT2D eigenvalue weighted by Crippen LogP contribution is 2.12. The lowest BCUT2D eigenvalue weighted by molar-refractivity contribution is -0.143. The van der Waals surface area contributed by atoms with Crippen LogP contribution in [0.2, 0.25) is 0 Å². The minimum Gasteiger partial charge on any atom is -0.466 e. The van der Waals surface area contributed by atoms with Crippen LogP contribution in [-0.4, -0.2) is 36.4 Å². The van der Waals surface area contributed by atoms with Crippen molar-refractivity contribution in [3.63, 3.8) is 0 Å². The van der Waals surface area contributed by atoms with Crippen LogP contribution in [0.1, 0.15) is 96.8 Å². The quantitative estimate of drug-likeness (QED) is 0.175. The SMILES string of the molecule is CCCCCCCCCCCCCCOC(=O)CCSCCC(N)C=O. The van der Waals surface area contributed by atoms with Crippen LogP contribution in [0.3, 0.4) is 0 Å². The van der Waals surface area contributed by atoms with Crippen LogP contribution in [0.25, 0.3) is 0 Å². The molecule has 0 radical (unpaired) electrons. The lowest BCUT2D eigenvalue weighted by Crippen LogP contribution is -2.21. The number of nitrogens with two attached hydrogens (primary N) is 1. The average Bonchev–Trinajstić information content (AvgIpc) is 2.65. The molecule has 0 aromatic rings. The van der Waals surface area contributed by atoms with E-state index in [1.165, 1.54) is 64.2 Å². The molecule has 154 valence electrons. The van der Waals surface area contributed by atoms with Crippen molar-refractivity contribution >= 4 is 24.0 Å². The molecule has 0 saturated heterocycles. The maximum atomic E-state index is 11.6. The summed E-state index contributed by atoms with van der Waals surface area (Å²) in [6.07, 6.45) is 17.6. The van der Waals surface area contributed by atoms with Crippen LogP contribution >= 0.6 is 11.8 Å². The summed E-state index contributed by atoms with van der Waals surface area (Å²) in [7, 11) is 0. The molecule has 5 heteroatoms. The van der Waals surface area contributed by atoms with Crippen molar-refractivity contribution in [1.82, 2.24) is 0 Å². The number of unbranched alkanes of at least 4 members (excludes halogenated alkanes) is 11. The van der Waals surface area contributed by atoms with Gasteiger partial charge in [-0.3, -0.25) is 4.79 Å². The van der Waals surface area contributed by atoms with Gasteiger partial charge in [-0.15, -0.1) is 0 Å². The largest absolute Gasteiger partial charge is 0.466 e. The summed E-state index contributed by atoms with van der Waals surface area (Å²) in [6, 6.07) is -0.375. The van der Waals surface area contributed by atoms with E-state index in [1.807, 2.05) is 0 Å². The number of carbonyl (C=O) groups excluding carboxylic acids is 2. The van der Waals surface area contributed by atoms with E-state index in [0.29, 0.717) is 19.4 Å². The lowest BCUT2D eigenvalue weighted by atomic mass is 10.1. The zero-order valence-corrected chi connectivity index (χ0v) is 17.7. The number of esters is 1. The second-order valence-electron chi connectivity index (χ2n) is 7.06. The van der Waals surface area contributed by atoms with Gasteiger partial charge in [0.15, 0.2) is 0 Å². The summed E-state index contributed by atoms with van der Waals surface area (Å²) >= 11 is 1.65. The Hall–Kier alpha value is -0.550. The van der Waals surface area contributed by atoms with Gasteiger partial charge in [-0.1, -0.05) is 77.6 Å². The molecule has 26 heavy (non-hydrogen) atoms. The Bertz CT molecular complexity index is 326. The topological polar surface area (TPSA) is 69.4 Å². The van der Waals surface area contributed by atoms with Gasteiger partial charge in [-0.2, -0.15) is 11.8 Å². The molecule has 0 aliphatic heterocycles. The third-order valence-electron chi connectivity index (χ3n) is 4.48. The number of thioether (sulfide) groups is 1. The molecule has 0 spiro atoms. The molecule has 0 fully saturated rings. The Balaban J connectivity index is 3.17. The van der Waals surface area contributed by atoms with E-state index in [0.717, 1.165) is 30.6 Å². The van der Waals surface area contributed by atoms with E-state index in [1.54, 1.807) is 11.8 Å². The molecule has 0 aromatic carbocycles. The number of carbonyl (C=O) groups is 2. The van der Waals surface area contributed by atoms with Gasteiger partial charge in [0.05, 0.1) is 19.1 Å². The van der Waals surface area contributed by atoms with Gasteiger partial charge in [-0.05, 0) is 18.6 Å². The van der Waals surface area contributed by atoms with Crippen molar-refractivity contribution < 1.29 is 14.3 Å². The first-order chi connectivity index (χ1) is 12.7. The van der Waals surface area contributed by atoms with Gasteiger partial charge < -0.3 is 15.3 Å². The van der Waals surface area contributed by atoms with E-state index >= 15 is 0 Å². The van der Waals surface area contributed by atoms with E-state index in [-0.39, 0.29) is 12.0 Å². The fraction of sp³-hybridized carbons (Fsp3) is 0.905. The highest BCUT2D eigenvalue weighted by molar-refractivity contribution is 7.99. The van der Waals surface area contributed by atoms with Gasteiger partial charge in [0.1, 0.15) is 6.29 Å². The van der Waals surface area contributed by atoms with Crippen LogP contribution in [0, 0.1) is 0 Å². The second kappa shape index (κ2) is 20.8. The fourth-order valence-electron chi connectivity index (χ4n) is 2.75. The van der Waals surface area contributed by atoms with Crippen molar-refractivity contribution in [2.45, 2.75) is 103 Å². The van der Waals surface area contributed by atoms with Gasteiger partial charge >= 0.3 is 5.97 Å². The predicted octanol–water partition coefficient (Wildman–Crippen LogP) is 5.27. The molecule has 0 bridgehead atoms.